The summed E-state index contributed by atoms with van der Waals surface area (Å²) in [5, 5.41) is 7.12. The maximum absolute atomic E-state index is 11.2. The number of hydrogen-bond donors (Lipinski definition) is 3. The molecule has 0 heterocycles. The number of benzene rings is 3. The van der Waals surface area contributed by atoms with Crippen molar-refractivity contribution in [2.45, 2.75) is 19.9 Å². The molecule has 3 aromatic rings. The van der Waals surface area contributed by atoms with Gasteiger partial charge < -0.3 is 16.4 Å². The van der Waals surface area contributed by atoms with Crippen molar-refractivity contribution < 1.29 is 4.79 Å². The van der Waals surface area contributed by atoms with E-state index in [4.69, 9.17) is 18.0 Å². The number of carbonyl (C=O) groups is 1. The Hall–Kier alpha value is -3.18. The Morgan fingerprint density at radius 1 is 0.964 bits per heavy atom. The quantitative estimate of drug-likeness (QED) is 0.548. The zero-order chi connectivity index (χ0) is 20.1. The van der Waals surface area contributed by atoms with Crippen LogP contribution >= 0.6 is 12.2 Å². The zero-order valence-corrected chi connectivity index (χ0v) is 16.7. The van der Waals surface area contributed by atoms with Crippen molar-refractivity contribution in [3.63, 3.8) is 0 Å². The van der Waals surface area contributed by atoms with Crippen LogP contribution in [-0.2, 0) is 0 Å². The molecule has 1 amide bonds. The van der Waals surface area contributed by atoms with Crippen molar-refractivity contribution in [3.8, 4) is 11.1 Å². The van der Waals surface area contributed by atoms with Gasteiger partial charge in [-0.15, -0.1) is 0 Å². The third-order valence-corrected chi connectivity index (χ3v) is 4.77. The standard InChI is InChI=1S/C23H23N3OS/c1-15-6-8-17(9-7-15)16(2)25-23(28)26-21-5-3-4-20(14-21)18-10-12-19(13-11-18)22(24)27/h3-14,16H,1-2H3,(H2,24,27)(H2,25,26,28)/t16-/m0/s1. The fourth-order valence-electron chi connectivity index (χ4n) is 2.91. The number of rotatable bonds is 5. The first-order valence-corrected chi connectivity index (χ1v) is 9.47. The summed E-state index contributed by atoms with van der Waals surface area (Å²) >= 11 is 5.47. The van der Waals surface area contributed by atoms with Crippen molar-refractivity contribution in [2.75, 3.05) is 5.32 Å². The van der Waals surface area contributed by atoms with Gasteiger partial charge >= 0.3 is 0 Å². The highest BCUT2D eigenvalue weighted by atomic mass is 32.1. The normalized spacial score (nSPS) is 11.5. The minimum atomic E-state index is -0.430. The topological polar surface area (TPSA) is 67.2 Å². The van der Waals surface area contributed by atoms with Crippen LogP contribution in [0.5, 0.6) is 0 Å². The molecule has 0 radical (unpaired) electrons. The predicted molar refractivity (Wildman–Crippen MR) is 119 cm³/mol. The maximum Gasteiger partial charge on any atom is 0.248 e. The first kappa shape index (κ1) is 19.6. The molecule has 0 saturated carbocycles. The Balaban J connectivity index is 1.67. The third-order valence-electron chi connectivity index (χ3n) is 4.55. The van der Waals surface area contributed by atoms with Crippen LogP contribution in [0, 0.1) is 6.92 Å². The lowest BCUT2D eigenvalue weighted by Gasteiger charge is -2.18. The molecule has 0 bridgehead atoms. The average Bonchev–Trinajstić information content (AvgIpc) is 2.68. The summed E-state index contributed by atoms with van der Waals surface area (Å²) in [4.78, 5) is 11.2. The number of hydrogen-bond acceptors (Lipinski definition) is 2. The van der Waals surface area contributed by atoms with Gasteiger partial charge in [0.05, 0.1) is 6.04 Å². The molecule has 0 spiro atoms. The summed E-state index contributed by atoms with van der Waals surface area (Å²) in [7, 11) is 0. The van der Waals surface area contributed by atoms with Gasteiger partial charge in [-0.1, -0.05) is 54.1 Å². The Kier molecular flexibility index (Phi) is 6.06. The van der Waals surface area contributed by atoms with Gasteiger partial charge in [0.2, 0.25) is 5.91 Å². The zero-order valence-electron chi connectivity index (χ0n) is 15.9. The molecule has 0 aliphatic carbocycles. The SMILES string of the molecule is Cc1ccc([C@H](C)NC(=S)Nc2cccc(-c3ccc(C(N)=O)cc3)c2)cc1. The van der Waals surface area contributed by atoms with Crippen LogP contribution in [0.25, 0.3) is 11.1 Å². The van der Waals surface area contributed by atoms with Crippen molar-refractivity contribution in [2.24, 2.45) is 5.73 Å². The maximum atomic E-state index is 11.2. The van der Waals surface area contributed by atoms with Crippen LogP contribution in [0.15, 0.2) is 72.8 Å². The van der Waals surface area contributed by atoms with Crippen molar-refractivity contribution in [3.05, 3.63) is 89.5 Å². The second-order valence-electron chi connectivity index (χ2n) is 6.75. The molecule has 0 fully saturated rings. The van der Waals surface area contributed by atoms with E-state index in [-0.39, 0.29) is 6.04 Å². The van der Waals surface area contributed by atoms with Gasteiger partial charge in [0.15, 0.2) is 5.11 Å². The summed E-state index contributed by atoms with van der Waals surface area (Å²) in [6.07, 6.45) is 0. The van der Waals surface area contributed by atoms with Crippen LogP contribution in [0.4, 0.5) is 5.69 Å². The fraction of sp³-hybridized carbons (Fsp3) is 0.130. The molecule has 4 nitrogen and oxygen atoms in total. The second-order valence-corrected chi connectivity index (χ2v) is 7.16. The van der Waals surface area contributed by atoms with Crippen LogP contribution in [-0.4, -0.2) is 11.0 Å². The summed E-state index contributed by atoms with van der Waals surface area (Å²) < 4.78 is 0. The molecule has 0 aliphatic heterocycles. The van der Waals surface area contributed by atoms with Crippen molar-refractivity contribution in [1.29, 1.82) is 0 Å². The molecule has 142 valence electrons. The molecule has 0 aromatic heterocycles. The molecule has 28 heavy (non-hydrogen) atoms. The summed E-state index contributed by atoms with van der Waals surface area (Å²) in [5.74, 6) is -0.430. The summed E-state index contributed by atoms with van der Waals surface area (Å²) in [6, 6.07) is 23.7. The number of primary amides is 1. The number of amides is 1. The third kappa shape index (κ3) is 4.96. The van der Waals surface area contributed by atoms with Crippen molar-refractivity contribution >= 4 is 28.9 Å². The molecule has 0 aliphatic rings. The Morgan fingerprint density at radius 2 is 1.64 bits per heavy atom. The number of thiocarbonyl (C=S) groups is 1. The fourth-order valence-corrected chi connectivity index (χ4v) is 3.20. The highest BCUT2D eigenvalue weighted by Gasteiger charge is 2.08. The largest absolute Gasteiger partial charge is 0.366 e. The van der Waals surface area contributed by atoms with E-state index in [9.17, 15) is 4.79 Å². The summed E-state index contributed by atoms with van der Waals surface area (Å²) in [5.41, 5.74) is 11.1. The van der Waals surface area contributed by atoms with E-state index in [1.807, 2.05) is 36.4 Å². The van der Waals surface area contributed by atoms with Crippen molar-refractivity contribution in [1.82, 2.24) is 5.32 Å². The van der Waals surface area contributed by atoms with Crippen LogP contribution in [0.2, 0.25) is 0 Å². The molecule has 0 saturated heterocycles. The lowest BCUT2D eigenvalue weighted by atomic mass is 10.0. The van der Waals surface area contributed by atoms with Gasteiger partial charge in [0.1, 0.15) is 0 Å². The number of nitrogens with two attached hydrogens (primary N) is 1. The minimum Gasteiger partial charge on any atom is -0.366 e. The van der Waals surface area contributed by atoms with Gasteiger partial charge in [0.25, 0.3) is 0 Å². The molecule has 3 aromatic carbocycles. The second kappa shape index (κ2) is 8.67. The van der Waals surface area contributed by atoms with Gasteiger partial charge in [-0.05, 0) is 67.0 Å². The van der Waals surface area contributed by atoms with Gasteiger partial charge in [-0.2, -0.15) is 0 Å². The first-order valence-electron chi connectivity index (χ1n) is 9.07. The smallest absolute Gasteiger partial charge is 0.248 e. The van der Waals surface area contributed by atoms with E-state index in [2.05, 4.69) is 48.7 Å². The van der Waals surface area contributed by atoms with Crippen LogP contribution in [0.3, 0.4) is 0 Å². The Bertz CT molecular complexity index is 981. The molecule has 0 unspecified atom stereocenters. The molecule has 1 atom stereocenters. The van der Waals surface area contributed by atoms with E-state index in [1.165, 1.54) is 11.1 Å². The Morgan fingerprint density at radius 3 is 2.29 bits per heavy atom. The van der Waals surface area contributed by atoms with Gasteiger partial charge in [0, 0.05) is 11.3 Å². The monoisotopic (exact) mass is 389 g/mol. The van der Waals surface area contributed by atoms with Gasteiger partial charge in [-0.25, -0.2) is 0 Å². The average molecular weight is 390 g/mol. The Labute approximate surface area is 170 Å². The van der Waals surface area contributed by atoms with Crippen LogP contribution < -0.4 is 16.4 Å². The molecule has 5 heteroatoms. The van der Waals surface area contributed by atoms with Crippen LogP contribution in [0.1, 0.15) is 34.5 Å². The molecule has 3 rings (SSSR count). The molecular formula is C23H23N3OS. The van der Waals surface area contributed by atoms with E-state index < -0.39 is 5.91 Å². The highest BCUT2D eigenvalue weighted by Crippen LogP contribution is 2.23. The van der Waals surface area contributed by atoms with E-state index in [0.29, 0.717) is 10.7 Å². The van der Waals surface area contributed by atoms with E-state index in [1.54, 1.807) is 12.1 Å². The van der Waals surface area contributed by atoms with Gasteiger partial charge in [-0.3, -0.25) is 4.79 Å². The lowest BCUT2D eigenvalue weighted by Crippen LogP contribution is -2.30. The molecular weight excluding hydrogens is 366 g/mol. The van der Waals surface area contributed by atoms with E-state index in [0.717, 1.165) is 16.8 Å². The lowest BCUT2D eigenvalue weighted by molar-refractivity contribution is 0.100. The highest BCUT2D eigenvalue weighted by molar-refractivity contribution is 7.80. The number of nitrogens with one attached hydrogen (secondary N) is 2. The predicted octanol–water partition coefficient (Wildman–Crippen LogP) is 4.81. The number of carbonyl (C=O) groups excluding carboxylic acids is 1. The number of anilines is 1. The minimum absolute atomic E-state index is 0.102. The summed E-state index contributed by atoms with van der Waals surface area (Å²) in [6.45, 7) is 4.15. The van der Waals surface area contributed by atoms with E-state index >= 15 is 0 Å². The molecule has 4 N–H and O–H groups in total. The number of aryl methyl sites for hydroxylation is 1. The first-order chi connectivity index (χ1) is 13.4.